The second-order valence-corrected chi connectivity index (χ2v) is 6.95. The van der Waals surface area contributed by atoms with Gasteiger partial charge in [0.15, 0.2) is 11.5 Å². The van der Waals surface area contributed by atoms with Crippen molar-refractivity contribution in [3.05, 3.63) is 57.0 Å². The smallest absolute Gasteiger partial charge is 0.203 e. The summed E-state index contributed by atoms with van der Waals surface area (Å²) in [6.07, 6.45) is 1.65. The molecule has 24 heavy (non-hydrogen) atoms. The molecular formula is C17H14IN3O2S. The Labute approximate surface area is 157 Å². The molecule has 0 radical (unpaired) electrons. The number of aromatic nitrogens is 1. The van der Waals surface area contributed by atoms with Gasteiger partial charge in [0.2, 0.25) is 5.13 Å². The number of hydrazone groups is 1. The summed E-state index contributed by atoms with van der Waals surface area (Å²) in [6.45, 7) is 0. The zero-order chi connectivity index (χ0) is 16.9. The number of methoxy groups -OCH3 is 1. The molecule has 0 aliphatic carbocycles. The van der Waals surface area contributed by atoms with E-state index in [1.54, 1.807) is 24.4 Å². The number of anilines is 1. The van der Waals surface area contributed by atoms with Gasteiger partial charge in [-0.3, -0.25) is 5.43 Å². The molecule has 0 bridgehead atoms. The van der Waals surface area contributed by atoms with Crippen molar-refractivity contribution in [2.45, 2.75) is 0 Å². The van der Waals surface area contributed by atoms with Gasteiger partial charge < -0.3 is 9.84 Å². The van der Waals surface area contributed by atoms with Gasteiger partial charge in [-0.1, -0.05) is 12.1 Å². The summed E-state index contributed by atoms with van der Waals surface area (Å²) in [6, 6.07) is 13.2. The topological polar surface area (TPSA) is 66.7 Å². The number of rotatable bonds is 5. The van der Waals surface area contributed by atoms with Gasteiger partial charge in [-0.2, -0.15) is 5.10 Å². The molecule has 0 aliphatic rings. The van der Waals surface area contributed by atoms with E-state index >= 15 is 0 Å². The zero-order valence-electron chi connectivity index (χ0n) is 12.7. The lowest BCUT2D eigenvalue weighted by molar-refractivity contribution is 0.373. The van der Waals surface area contributed by atoms with E-state index < -0.39 is 0 Å². The maximum absolute atomic E-state index is 9.57. The fourth-order valence-corrected chi connectivity index (χ4v) is 3.04. The van der Waals surface area contributed by atoms with Crippen molar-refractivity contribution in [1.82, 2.24) is 4.98 Å². The van der Waals surface area contributed by atoms with Gasteiger partial charge in [0.1, 0.15) is 0 Å². The van der Waals surface area contributed by atoms with E-state index in [4.69, 9.17) is 4.74 Å². The van der Waals surface area contributed by atoms with E-state index in [2.05, 4.69) is 50.2 Å². The number of aromatic hydroxyl groups is 1. The number of benzene rings is 2. The third-order valence-corrected chi connectivity index (χ3v) is 4.69. The van der Waals surface area contributed by atoms with Gasteiger partial charge in [-0.25, -0.2) is 4.98 Å². The lowest BCUT2D eigenvalue weighted by atomic mass is 10.2. The number of phenolic OH excluding ortho intramolecular Hbond substituents is 1. The van der Waals surface area contributed by atoms with Crippen LogP contribution >= 0.6 is 33.9 Å². The van der Waals surface area contributed by atoms with Gasteiger partial charge in [0.25, 0.3) is 0 Å². The van der Waals surface area contributed by atoms with Gasteiger partial charge in [-0.15, -0.1) is 11.3 Å². The SMILES string of the molecule is COc1cc(/C=N\Nc2nc(-c3ccc(I)cc3)cs2)ccc1O. The fourth-order valence-electron chi connectivity index (χ4n) is 2.01. The van der Waals surface area contributed by atoms with Gasteiger partial charge in [-0.05, 0) is 58.5 Å². The van der Waals surface area contributed by atoms with Crippen LogP contribution in [-0.4, -0.2) is 23.4 Å². The number of ether oxygens (including phenoxy) is 1. The summed E-state index contributed by atoms with van der Waals surface area (Å²) in [7, 11) is 1.51. The fraction of sp³-hybridized carbons (Fsp3) is 0.0588. The zero-order valence-corrected chi connectivity index (χ0v) is 15.7. The first-order valence-corrected chi connectivity index (χ1v) is 8.99. The molecular weight excluding hydrogens is 437 g/mol. The highest BCUT2D eigenvalue weighted by molar-refractivity contribution is 14.1. The number of hydrogen-bond donors (Lipinski definition) is 2. The summed E-state index contributed by atoms with van der Waals surface area (Å²) in [4.78, 5) is 4.52. The van der Waals surface area contributed by atoms with Crippen LogP contribution in [0, 0.1) is 3.57 Å². The quantitative estimate of drug-likeness (QED) is 0.339. The van der Waals surface area contributed by atoms with E-state index in [9.17, 15) is 5.11 Å². The monoisotopic (exact) mass is 451 g/mol. The number of halogens is 1. The Kier molecular flexibility index (Phi) is 5.31. The minimum Gasteiger partial charge on any atom is -0.504 e. The largest absolute Gasteiger partial charge is 0.504 e. The number of thiazole rings is 1. The maximum Gasteiger partial charge on any atom is 0.203 e. The van der Waals surface area contributed by atoms with Crippen LogP contribution in [0.2, 0.25) is 0 Å². The minimum atomic E-state index is 0.102. The Bertz CT molecular complexity index is 863. The lowest BCUT2D eigenvalue weighted by Gasteiger charge is -2.03. The minimum absolute atomic E-state index is 0.102. The van der Waals surface area contributed by atoms with Gasteiger partial charge in [0, 0.05) is 14.5 Å². The summed E-state index contributed by atoms with van der Waals surface area (Å²) < 4.78 is 6.26. The molecule has 0 fully saturated rings. The molecule has 1 heterocycles. The molecule has 122 valence electrons. The molecule has 0 unspecified atom stereocenters. The van der Waals surface area contributed by atoms with Crippen molar-refractivity contribution >= 4 is 45.3 Å². The molecule has 0 saturated heterocycles. The molecule has 0 aliphatic heterocycles. The Morgan fingerprint density at radius 3 is 2.79 bits per heavy atom. The Balaban J connectivity index is 1.68. The molecule has 2 aromatic carbocycles. The van der Waals surface area contributed by atoms with Crippen LogP contribution in [0.4, 0.5) is 5.13 Å². The average molecular weight is 451 g/mol. The Hall–Kier alpha value is -2.13. The summed E-state index contributed by atoms with van der Waals surface area (Å²) in [5.74, 6) is 0.513. The van der Waals surface area contributed by atoms with Crippen LogP contribution in [0.3, 0.4) is 0 Å². The van der Waals surface area contributed by atoms with Crippen molar-refractivity contribution in [3.8, 4) is 22.8 Å². The van der Waals surface area contributed by atoms with E-state index in [1.165, 1.54) is 22.0 Å². The predicted molar refractivity (Wildman–Crippen MR) is 106 cm³/mol. The molecule has 0 atom stereocenters. The van der Waals surface area contributed by atoms with Gasteiger partial charge >= 0.3 is 0 Å². The molecule has 0 saturated carbocycles. The van der Waals surface area contributed by atoms with Crippen LogP contribution in [0.5, 0.6) is 11.5 Å². The second kappa shape index (κ2) is 7.63. The first-order valence-electron chi connectivity index (χ1n) is 7.03. The molecule has 1 aromatic heterocycles. The Morgan fingerprint density at radius 1 is 1.25 bits per heavy atom. The first-order chi connectivity index (χ1) is 11.7. The van der Waals surface area contributed by atoms with Gasteiger partial charge in [0.05, 0.1) is 19.0 Å². The molecule has 2 N–H and O–H groups in total. The predicted octanol–water partition coefficient (Wildman–Crippen LogP) is 4.57. The number of phenols is 1. The highest BCUT2D eigenvalue weighted by atomic mass is 127. The van der Waals surface area contributed by atoms with Crippen molar-refractivity contribution < 1.29 is 9.84 Å². The van der Waals surface area contributed by atoms with Crippen LogP contribution in [0.25, 0.3) is 11.3 Å². The van der Waals surface area contributed by atoms with E-state index in [1.807, 2.05) is 17.5 Å². The van der Waals surface area contributed by atoms with E-state index in [0.717, 1.165) is 16.8 Å². The average Bonchev–Trinajstić information content (AvgIpc) is 3.06. The lowest BCUT2D eigenvalue weighted by Crippen LogP contribution is -1.91. The normalized spacial score (nSPS) is 10.9. The molecule has 7 heteroatoms. The first kappa shape index (κ1) is 16.7. The van der Waals surface area contributed by atoms with Crippen LogP contribution in [0.15, 0.2) is 52.9 Å². The molecule has 3 rings (SSSR count). The standard InChI is InChI=1S/C17H14IN3O2S/c1-23-16-8-11(2-7-15(16)22)9-19-21-17-20-14(10-24-17)12-3-5-13(18)6-4-12/h2-10,22H,1H3,(H,20,21)/b19-9-. The maximum atomic E-state index is 9.57. The van der Waals surface area contributed by atoms with E-state index in [0.29, 0.717) is 10.9 Å². The summed E-state index contributed by atoms with van der Waals surface area (Å²) in [5, 5.41) is 16.4. The molecule has 3 aromatic rings. The molecule has 0 spiro atoms. The van der Waals surface area contributed by atoms with Crippen molar-refractivity contribution in [2.24, 2.45) is 5.10 Å². The van der Waals surface area contributed by atoms with Crippen molar-refractivity contribution in [1.29, 1.82) is 0 Å². The third-order valence-electron chi connectivity index (χ3n) is 3.22. The van der Waals surface area contributed by atoms with Crippen LogP contribution < -0.4 is 10.2 Å². The van der Waals surface area contributed by atoms with Crippen molar-refractivity contribution in [3.63, 3.8) is 0 Å². The highest BCUT2D eigenvalue weighted by Gasteiger charge is 2.04. The number of nitrogens with zero attached hydrogens (tertiary/aromatic N) is 2. The third kappa shape index (κ3) is 4.04. The summed E-state index contributed by atoms with van der Waals surface area (Å²) >= 11 is 3.77. The number of hydrogen-bond acceptors (Lipinski definition) is 6. The highest BCUT2D eigenvalue weighted by Crippen LogP contribution is 2.26. The second-order valence-electron chi connectivity index (χ2n) is 4.85. The summed E-state index contributed by atoms with van der Waals surface area (Å²) in [5.41, 5.74) is 5.72. The molecule has 0 amide bonds. The number of nitrogens with one attached hydrogen (secondary N) is 1. The Morgan fingerprint density at radius 2 is 2.04 bits per heavy atom. The van der Waals surface area contributed by atoms with E-state index in [-0.39, 0.29) is 5.75 Å². The molecule has 5 nitrogen and oxygen atoms in total. The van der Waals surface area contributed by atoms with Crippen molar-refractivity contribution in [2.75, 3.05) is 12.5 Å². The van der Waals surface area contributed by atoms with Crippen LogP contribution in [-0.2, 0) is 0 Å². The van der Waals surface area contributed by atoms with Crippen LogP contribution in [0.1, 0.15) is 5.56 Å².